The molecule has 0 aliphatic carbocycles. The number of hydrogen-bond acceptors (Lipinski definition) is 2. The second-order valence-electron chi connectivity index (χ2n) is 4.28. The van der Waals surface area contributed by atoms with E-state index in [0.717, 1.165) is 0 Å². The number of aromatic nitrogens is 1. The number of benzene rings is 1. The van der Waals surface area contributed by atoms with Gasteiger partial charge < -0.3 is 0 Å². The summed E-state index contributed by atoms with van der Waals surface area (Å²) in [7, 11) is -1.02. The van der Waals surface area contributed by atoms with E-state index in [-0.39, 0.29) is 0 Å². The van der Waals surface area contributed by atoms with Crippen molar-refractivity contribution in [3.8, 4) is 0 Å². The van der Waals surface area contributed by atoms with Gasteiger partial charge in [0.15, 0.2) is 0 Å². The molecule has 72 valence electrons. The smallest absolute Gasteiger partial charge is 0.180 e. The van der Waals surface area contributed by atoms with Gasteiger partial charge in [0.25, 0.3) is 4.34 Å². The number of rotatable bonds is 0. The number of thiazole rings is 1. The van der Waals surface area contributed by atoms with Crippen molar-refractivity contribution in [1.29, 1.82) is 0 Å². The minimum Gasteiger partial charge on any atom is -0.180 e. The molecule has 14 heavy (non-hydrogen) atoms. The fourth-order valence-corrected chi connectivity index (χ4v) is 10.1. The molecule has 2 aromatic rings. The van der Waals surface area contributed by atoms with Crippen molar-refractivity contribution in [1.82, 2.24) is 0 Å². The van der Waals surface area contributed by atoms with Crippen LogP contribution in [0.2, 0.25) is 13.1 Å². The van der Waals surface area contributed by atoms with Gasteiger partial charge in [0.2, 0.25) is 12.7 Å². The fraction of sp³-hybridized carbons (Fsp3) is 0.300. The molecule has 1 aliphatic heterocycles. The minimum absolute atomic E-state index is 1.02. The van der Waals surface area contributed by atoms with Crippen LogP contribution in [-0.4, -0.2) is 7.22 Å². The summed E-state index contributed by atoms with van der Waals surface area (Å²) in [6, 6.07) is 8.73. The SMILES string of the molecule is C[Si]1(C)C[n+]2c(sc3ccccc32)S1. The Hall–Kier alpha value is -0.323. The van der Waals surface area contributed by atoms with Crippen molar-refractivity contribution < 1.29 is 4.57 Å². The first-order chi connectivity index (χ1) is 6.66. The third-order valence-electron chi connectivity index (χ3n) is 2.48. The third-order valence-corrected chi connectivity index (χ3v) is 9.03. The number of nitrogens with zero attached hydrogens (tertiary/aromatic N) is 1. The first-order valence-electron chi connectivity index (χ1n) is 4.76. The lowest BCUT2D eigenvalue weighted by Crippen LogP contribution is -2.39. The molecule has 0 unspecified atom stereocenters. The average Bonchev–Trinajstić information content (AvgIpc) is 2.56. The summed E-state index contributed by atoms with van der Waals surface area (Å²) in [6.07, 6.45) is 1.27. The second kappa shape index (κ2) is 2.84. The maximum Gasteiger partial charge on any atom is 0.292 e. The summed E-state index contributed by atoms with van der Waals surface area (Å²) in [5.41, 5.74) is 1.43. The highest BCUT2D eigenvalue weighted by atomic mass is 32.4. The van der Waals surface area contributed by atoms with Crippen molar-refractivity contribution in [2.75, 3.05) is 0 Å². The van der Waals surface area contributed by atoms with Crippen LogP contribution >= 0.6 is 22.5 Å². The maximum absolute atomic E-state index is 2.51. The number of para-hydroxylation sites is 1. The van der Waals surface area contributed by atoms with Crippen molar-refractivity contribution >= 4 is 40.0 Å². The zero-order valence-electron chi connectivity index (χ0n) is 8.28. The molecule has 0 radical (unpaired) electrons. The summed E-state index contributed by atoms with van der Waals surface area (Å²) in [6.45, 7) is 4.90. The van der Waals surface area contributed by atoms with Crippen LogP contribution in [0.4, 0.5) is 0 Å². The summed E-state index contributed by atoms with van der Waals surface area (Å²) >= 11 is 4.09. The van der Waals surface area contributed by atoms with E-state index in [1.165, 1.54) is 20.7 Å². The maximum atomic E-state index is 2.51. The van der Waals surface area contributed by atoms with Crippen molar-refractivity contribution in [2.24, 2.45) is 0 Å². The molecule has 1 nitrogen and oxygen atoms in total. The highest BCUT2D eigenvalue weighted by molar-refractivity contribution is 8.29. The van der Waals surface area contributed by atoms with Crippen LogP contribution in [0.1, 0.15) is 0 Å². The van der Waals surface area contributed by atoms with Crippen LogP contribution in [0.5, 0.6) is 0 Å². The average molecular weight is 238 g/mol. The molecule has 2 heterocycles. The molecule has 0 bridgehead atoms. The van der Waals surface area contributed by atoms with Crippen LogP contribution in [0.3, 0.4) is 0 Å². The molecule has 1 aliphatic rings. The van der Waals surface area contributed by atoms with E-state index >= 15 is 0 Å². The number of fused-ring (bicyclic) bond motifs is 3. The van der Waals surface area contributed by atoms with Gasteiger partial charge in [0.05, 0.1) is 0 Å². The zero-order chi connectivity index (χ0) is 9.76. The summed E-state index contributed by atoms with van der Waals surface area (Å²) in [5, 5.41) is 0. The Morgan fingerprint density at radius 1 is 1.29 bits per heavy atom. The van der Waals surface area contributed by atoms with E-state index in [0.29, 0.717) is 0 Å². The molecule has 0 saturated carbocycles. The highest BCUT2D eigenvalue weighted by Gasteiger charge is 2.42. The van der Waals surface area contributed by atoms with E-state index in [1.807, 2.05) is 11.3 Å². The lowest BCUT2D eigenvalue weighted by Gasteiger charge is -2.04. The predicted molar refractivity (Wildman–Crippen MR) is 65.4 cm³/mol. The van der Waals surface area contributed by atoms with Gasteiger partial charge in [-0.1, -0.05) is 47.8 Å². The fourth-order valence-electron chi connectivity index (χ4n) is 1.89. The normalized spacial score (nSPS) is 18.7. The van der Waals surface area contributed by atoms with E-state index in [2.05, 4.69) is 53.1 Å². The van der Waals surface area contributed by atoms with Crippen LogP contribution in [-0.2, 0) is 6.17 Å². The monoisotopic (exact) mass is 238 g/mol. The van der Waals surface area contributed by atoms with E-state index in [1.54, 1.807) is 0 Å². The Bertz CT molecular complexity index is 504. The van der Waals surface area contributed by atoms with Crippen LogP contribution < -0.4 is 4.57 Å². The van der Waals surface area contributed by atoms with Crippen molar-refractivity contribution in [3.05, 3.63) is 24.3 Å². The quantitative estimate of drug-likeness (QED) is 0.504. The van der Waals surface area contributed by atoms with Gasteiger partial charge in [-0.15, -0.1) is 0 Å². The molecule has 1 aromatic carbocycles. The van der Waals surface area contributed by atoms with Crippen LogP contribution in [0.25, 0.3) is 10.2 Å². The topological polar surface area (TPSA) is 3.88 Å². The predicted octanol–water partition coefficient (Wildman–Crippen LogP) is 3.04. The van der Waals surface area contributed by atoms with Gasteiger partial charge in [0.1, 0.15) is 10.9 Å². The van der Waals surface area contributed by atoms with Crippen molar-refractivity contribution in [2.45, 2.75) is 23.6 Å². The van der Waals surface area contributed by atoms with Gasteiger partial charge in [-0.2, -0.15) is 4.57 Å². The molecule has 0 atom stereocenters. The number of hydrogen-bond donors (Lipinski definition) is 0. The zero-order valence-corrected chi connectivity index (χ0v) is 10.9. The van der Waals surface area contributed by atoms with Gasteiger partial charge in [0, 0.05) is 6.07 Å². The first-order valence-corrected chi connectivity index (χ1v) is 10.3. The Balaban J connectivity index is 2.26. The molecule has 0 N–H and O–H groups in total. The lowest BCUT2D eigenvalue weighted by atomic mass is 10.3. The Labute approximate surface area is 92.4 Å². The molecular formula is C10H12NS2Si+. The third kappa shape index (κ3) is 1.25. The van der Waals surface area contributed by atoms with Gasteiger partial charge in [-0.25, -0.2) is 0 Å². The van der Waals surface area contributed by atoms with Crippen LogP contribution in [0, 0.1) is 0 Å². The van der Waals surface area contributed by atoms with E-state index in [4.69, 9.17) is 0 Å². The molecule has 3 rings (SSSR count). The molecule has 0 spiro atoms. The minimum atomic E-state index is -1.02. The van der Waals surface area contributed by atoms with Crippen molar-refractivity contribution in [3.63, 3.8) is 0 Å². The standard InChI is InChI=1S/C10H12NS2Si/c1-14(2)7-11-8-5-3-4-6-9(8)12-10(11)13-14/h3-6H,7H2,1-2H3/q+1. The molecule has 1 aromatic heterocycles. The van der Waals surface area contributed by atoms with E-state index in [9.17, 15) is 0 Å². The summed E-state index contributed by atoms with van der Waals surface area (Å²) < 4.78 is 5.46. The molecule has 0 fully saturated rings. The van der Waals surface area contributed by atoms with E-state index < -0.39 is 7.22 Å². The van der Waals surface area contributed by atoms with Crippen LogP contribution in [0.15, 0.2) is 28.6 Å². The Kier molecular flexibility index (Phi) is 1.81. The molecule has 0 amide bonds. The van der Waals surface area contributed by atoms with Gasteiger partial charge >= 0.3 is 0 Å². The van der Waals surface area contributed by atoms with Gasteiger partial charge in [-0.05, 0) is 6.07 Å². The Morgan fingerprint density at radius 2 is 2.07 bits per heavy atom. The molecule has 4 heteroatoms. The highest BCUT2D eigenvalue weighted by Crippen LogP contribution is 2.39. The second-order valence-corrected chi connectivity index (χ2v) is 13.9. The summed E-state index contributed by atoms with van der Waals surface area (Å²) in [4.78, 5) is 0. The Morgan fingerprint density at radius 3 is 2.93 bits per heavy atom. The molecular weight excluding hydrogens is 226 g/mol. The van der Waals surface area contributed by atoms with Gasteiger partial charge in [-0.3, -0.25) is 0 Å². The largest absolute Gasteiger partial charge is 0.292 e. The first kappa shape index (κ1) is 8.94. The summed E-state index contributed by atoms with van der Waals surface area (Å²) in [5.74, 6) is 0. The lowest BCUT2D eigenvalue weighted by molar-refractivity contribution is -0.682. The molecule has 0 saturated heterocycles.